The summed E-state index contributed by atoms with van der Waals surface area (Å²) in [6, 6.07) is 9.29. The Labute approximate surface area is 101 Å². The number of hydrazone groups is 1. The van der Waals surface area contributed by atoms with Crippen molar-refractivity contribution in [3.63, 3.8) is 0 Å². The van der Waals surface area contributed by atoms with Crippen LogP contribution in [0.1, 0.15) is 12.0 Å². The second-order valence-corrected chi connectivity index (χ2v) is 4.60. The second-order valence-electron chi connectivity index (χ2n) is 3.66. The van der Waals surface area contributed by atoms with Crippen LogP contribution in [0.5, 0.6) is 0 Å². The van der Waals surface area contributed by atoms with Crippen molar-refractivity contribution in [1.29, 1.82) is 0 Å². The van der Waals surface area contributed by atoms with E-state index in [-0.39, 0.29) is 17.4 Å². The number of carbonyl (C=O) groups is 1. The zero-order chi connectivity index (χ0) is 12.3. The minimum atomic E-state index is -2.32. The first-order valence-corrected chi connectivity index (χ1v) is 6.25. The molecule has 0 saturated carbocycles. The van der Waals surface area contributed by atoms with Crippen molar-refractivity contribution in [2.24, 2.45) is 5.10 Å². The highest BCUT2D eigenvalue weighted by Gasteiger charge is 2.20. The summed E-state index contributed by atoms with van der Waals surface area (Å²) >= 11 is -2.32. The number of amides is 1. The van der Waals surface area contributed by atoms with E-state index in [9.17, 15) is 13.6 Å². The Balaban J connectivity index is 2.01. The molecule has 0 aromatic heterocycles. The smallest absolute Gasteiger partial charge is 0.247 e. The predicted molar refractivity (Wildman–Crippen MR) is 62.8 cm³/mol. The van der Waals surface area contributed by atoms with E-state index >= 15 is 0 Å². The first-order chi connectivity index (χ1) is 8.16. The van der Waals surface area contributed by atoms with Crippen molar-refractivity contribution < 1.29 is 13.6 Å². The molecular weight excluding hydrogens is 240 g/mol. The molecule has 17 heavy (non-hydrogen) atoms. The average molecular weight is 251 g/mol. The summed E-state index contributed by atoms with van der Waals surface area (Å²) in [6.45, 7) is 0.342. The number of hydrogen-bond acceptors (Lipinski definition) is 4. The number of hydrogen-bond donors (Lipinski definition) is 0. The van der Waals surface area contributed by atoms with Crippen LogP contribution in [0.4, 0.5) is 0 Å². The molecule has 0 N–H and O–H groups in total. The monoisotopic (exact) mass is 251 g/mol. The average Bonchev–Trinajstić information content (AvgIpc) is 2.79. The summed E-state index contributed by atoms with van der Waals surface area (Å²) in [6.07, 6.45) is 0.541. The van der Waals surface area contributed by atoms with Gasteiger partial charge >= 0.3 is 0 Å². The van der Waals surface area contributed by atoms with Crippen molar-refractivity contribution >= 4 is 22.0 Å². The van der Waals surface area contributed by atoms with Crippen molar-refractivity contribution in [3.8, 4) is 0 Å². The Bertz CT molecular complexity index is 473. The molecule has 6 heteroatoms. The van der Waals surface area contributed by atoms with E-state index in [0.29, 0.717) is 13.0 Å². The number of nitrogens with zero attached hydrogens (tertiary/aromatic N) is 2. The van der Waals surface area contributed by atoms with Gasteiger partial charge in [0.2, 0.25) is 5.91 Å². The zero-order valence-electron chi connectivity index (χ0n) is 9.04. The molecular formula is C11H11N2O3S-. The summed E-state index contributed by atoms with van der Waals surface area (Å²) in [4.78, 5) is 11.8. The Morgan fingerprint density at radius 2 is 2.12 bits per heavy atom. The van der Waals surface area contributed by atoms with Crippen LogP contribution in [0.25, 0.3) is 0 Å². The third-order valence-corrected chi connectivity index (χ3v) is 3.12. The maximum atomic E-state index is 11.8. The molecule has 1 atom stereocenters. The van der Waals surface area contributed by atoms with Crippen molar-refractivity contribution in [2.75, 3.05) is 6.54 Å². The first-order valence-electron chi connectivity index (χ1n) is 5.18. The predicted octanol–water partition coefficient (Wildman–Crippen LogP) is 0.654. The summed E-state index contributed by atoms with van der Waals surface area (Å²) in [5, 5.41) is 5.04. The minimum absolute atomic E-state index is 0.0476. The van der Waals surface area contributed by atoms with Gasteiger partial charge in [-0.15, -0.1) is 0 Å². The van der Waals surface area contributed by atoms with Gasteiger partial charge in [0.25, 0.3) is 0 Å². The molecule has 1 aliphatic heterocycles. The Hall–Kier alpha value is -1.53. The van der Waals surface area contributed by atoms with Crippen LogP contribution >= 0.6 is 0 Å². The molecule has 0 aliphatic carbocycles. The molecule has 0 spiro atoms. The standard InChI is InChI=1S/C11H12N2O3S/c14-11(8-9-4-2-1-3-5-9)13-7-6-10(12-13)17(15)16/h1-5H,6-8H2,(H,15,16)/p-1. The van der Waals surface area contributed by atoms with E-state index in [1.165, 1.54) is 5.01 Å². The van der Waals surface area contributed by atoms with E-state index in [1.807, 2.05) is 30.3 Å². The summed E-state index contributed by atoms with van der Waals surface area (Å²) in [5.41, 5.74) is 0.893. The highest BCUT2D eigenvalue weighted by atomic mass is 32.2. The second kappa shape index (κ2) is 5.20. The fourth-order valence-electron chi connectivity index (χ4n) is 1.60. The van der Waals surface area contributed by atoms with E-state index in [2.05, 4.69) is 5.10 Å². The topological polar surface area (TPSA) is 72.8 Å². The van der Waals surface area contributed by atoms with Gasteiger partial charge in [0.15, 0.2) is 0 Å². The van der Waals surface area contributed by atoms with Gasteiger partial charge in [0, 0.05) is 6.42 Å². The van der Waals surface area contributed by atoms with Crippen LogP contribution in [-0.2, 0) is 22.3 Å². The lowest BCUT2D eigenvalue weighted by molar-refractivity contribution is -0.130. The Morgan fingerprint density at radius 3 is 2.71 bits per heavy atom. The summed E-state index contributed by atoms with van der Waals surface area (Å²) in [5.74, 6) is -0.184. The largest absolute Gasteiger partial charge is 0.767 e. The van der Waals surface area contributed by atoms with E-state index in [0.717, 1.165) is 5.56 Å². The van der Waals surface area contributed by atoms with Crippen molar-refractivity contribution in [3.05, 3.63) is 35.9 Å². The quantitative estimate of drug-likeness (QED) is 0.724. The van der Waals surface area contributed by atoms with Gasteiger partial charge in [-0.05, 0) is 16.6 Å². The van der Waals surface area contributed by atoms with Crippen molar-refractivity contribution in [2.45, 2.75) is 12.8 Å². The molecule has 1 unspecified atom stereocenters. The highest BCUT2D eigenvalue weighted by Crippen LogP contribution is 2.11. The summed E-state index contributed by atoms with van der Waals surface area (Å²) < 4.78 is 21.3. The van der Waals surface area contributed by atoms with Crippen LogP contribution in [0.2, 0.25) is 0 Å². The maximum absolute atomic E-state index is 11.8. The molecule has 0 radical (unpaired) electrons. The molecule has 0 fully saturated rings. The molecule has 2 rings (SSSR count). The lowest BCUT2D eigenvalue weighted by Crippen LogP contribution is -2.25. The van der Waals surface area contributed by atoms with Gasteiger partial charge in [-0.1, -0.05) is 30.3 Å². The van der Waals surface area contributed by atoms with E-state index in [4.69, 9.17) is 0 Å². The Morgan fingerprint density at radius 1 is 1.41 bits per heavy atom. The highest BCUT2D eigenvalue weighted by molar-refractivity contribution is 7.95. The zero-order valence-corrected chi connectivity index (χ0v) is 9.85. The summed E-state index contributed by atoms with van der Waals surface area (Å²) in [7, 11) is 0. The number of carbonyl (C=O) groups excluding carboxylic acids is 1. The fraction of sp³-hybridized carbons (Fsp3) is 0.273. The number of rotatable bonds is 2. The molecule has 0 bridgehead atoms. The normalized spacial score (nSPS) is 16.8. The van der Waals surface area contributed by atoms with Gasteiger partial charge in [0.05, 0.1) is 13.0 Å². The molecule has 1 aromatic rings. The molecule has 90 valence electrons. The molecule has 0 saturated heterocycles. The molecule has 1 aliphatic rings. The van der Waals surface area contributed by atoms with Crippen LogP contribution in [0.15, 0.2) is 35.4 Å². The fourth-order valence-corrected chi connectivity index (χ4v) is 2.02. The first kappa shape index (κ1) is 11.9. The van der Waals surface area contributed by atoms with Gasteiger partial charge < -0.3 is 4.55 Å². The number of benzene rings is 1. The van der Waals surface area contributed by atoms with Crippen LogP contribution in [0, 0.1) is 0 Å². The van der Waals surface area contributed by atoms with E-state index in [1.54, 1.807) is 0 Å². The molecule has 5 nitrogen and oxygen atoms in total. The molecule has 1 amide bonds. The van der Waals surface area contributed by atoms with Gasteiger partial charge in [-0.3, -0.25) is 9.00 Å². The van der Waals surface area contributed by atoms with Gasteiger partial charge in [-0.2, -0.15) is 5.10 Å². The van der Waals surface area contributed by atoms with Crippen LogP contribution in [0.3, 0.4) is 0 Å². The Kier molecular flexibility index (Phi) is 3.65. The van der Waals surface area contributed by atoms with Gasteiger partial charge in [0.1, 0.15) is 5.04 Å². The SMILES string of the molecule is O=C(Cc1ccccc1)N1CCC(S(=O)[O-])=N1. The maximum Gasteiger partial charge on any atom is 0.247 e. The van der Waals surface area contributed by atoms with Crippen LogP contribution < -0.4 is 0 Å². The van der Waals surface area contributed by atoms with E-state index < -0.39 is 11.1 Å². The third-order valence-electron chi connectivity index (χ3n) is 2.45. The lowest BCUT2D eigenvalue weighted by Gasteiger charge is -2.11. The van der Waals surface area contributed by atoms with Crippen LogP contribution in [-0.4, -0.2) is 31.3 Å². The molecule has 1 heterocycles. The minimum Gasteiger partial charge on any atom is -0.767 e. The third kappa shape index (κ3) is 2.98. The van der Waals surface area contributed by atoms with Gasteiger partial charge in [-0.25, -0.2) is 5.01 Å². The molecule has 1 aromatic carbocycles. The van der Waals surface area contributed by atoms with Crippen molar-refractivity contribution in [1.82, 2.24) is 5.01 Å². The lowest BCUT2D eigenvalue weighted by atomic mass is 10.1.